The molecule has 0 amide bonds. The van der Waals surface area contributed by atoms with Crippen LogP contribution >= 0.6 is 23.4 Å². The van der Waals surface area contributed by atoms with Crippen LogP contribution in [0.1, 0.15) is 18.5 Å². The third-order valence-corrected chi connectivity index (χ3v) is 3.75. The third kappa shape index (κ3) is 3.25. The molecule has 17 heavy (non-hydrogen) atoms. The highest BCUT2D eigenvalue weighted by atomic mass is 35.5. The smallest absolute Gasteiger partial charge is 0.0417 e. The summed E-state index contributed by atoms with van der Waals surface area (Å²) in [7, 11) is 0. The van der Waals surface area contributed by atoms with E-state index in [2.05, 4.69) is 18.2 Å². The molecule has 3 heteroatoms. The maximum Gasteiger partial charge on any atom is 0.0417 e. The molecule has 0 unspecified atom stereocenters. The van der Waals surface area contributed by atoms with Crippen LogP contribution in [0.3, 0.4) is 0 Å². The quantitative estimate of drug-likeness (QED) is 0.882. The second-order valence-electron chi connectivity index (χ2n) is 3.89. The van der Waals surface area contributed by atoms with Crippen LogP contribution in [0.25, 0.3) is 0 Å². The van der Waals surface area contributed by atoms with Gasteiger partial charge in [-0.25, -0.2) is 0 Å². The van der Waals surface area contributed by atoms with Gasteiger partial charge in [0.2, 0.25) is 0 Å². The molecular formula is C14H14ClNS. The van der Waals surface area contributed by atoms with E-state index in [4.69, 9.17) is 17.3 Å². The summed E-state index contributed by atoms with van der Waals surface area (Å²) in [6, 6.07) is 16.1. The van der Waals surface area contributed by atoms with Gasteiger partial charge >= 0.3 is 0 Å². The summed E-state index contributed by atoms with van der Waals surface area (Å²) in [5.74, 6) is 0. The molecule has 2 aromatic carbocycles. The molecule has 2 aromatic rings. The van der Waals surface area contributed by atoms with Crippen molar-refractivity contribution in [2.24, 2.45) is 5.73 Å². The lowest BCUT2D eigenvalue weighted by Crippen LogP contribution is -2.05. The van der Waals surface area contributed by atoms with Crippen molar-refractivity contribution >= 4 is 23.4 Å². The van der Waals surface area contributed by atoms with Gasteiger partial charge in [-0.1, -0.05) is 47.6 Å². The van der Waals surface area contributed by atoms with Crippen molar-refractivity contribution in [3.8, 4) is 0 Å². The average Bonchev–Trinajstić information content (AvgIpc) is 2.29. The van der Waals surface area contributed by atoms with Gasteiger partial charge in [-0.05, 0) is 36.8 Å². The van der Waals surface area contributed by atoms with E-state index in [-0.39, 0.29) is 6.04 Å². The van der Waals surface area contributed by atoms with Gasteiger partial charge in [0.25, 0.3) is 0 Å². The van der Waals surface area contributed by atoms with Gasteiger partial charge in [-0.3, -0.25) is 0 Å². The Morgan fingerprint density at radius 2 is 1.88 bits per heavy atom. The molecule has 0 aliphatic rings. The maximum atomic E-state index is 5.98. The summed E-state index contributed by atoms with van der Waals surface area (Å²) in [6.07, 6.45) is 0. The van der Waals surface area contributed by atoms with Crippen molar-refractivity contribution in [2.75, 3.05) is 0 Å². The summed E-state index contributed by atoms with van der Waals surface area (Å²) in [4.78, 5) is 2.32. The van der Waals surface area contributed by atoms with Gasteiger partial charge in [0.1, 0.15) is 0 Å². The fraction of sp³-hybridized carbons (Fsp3) is 0.143. The van der Waals surface area contributed by atoms with Crippen molar-refractivity contribution < 1.29 is 0 Å². The number of rotatable bonds is 3. The zero-order chi connectivity index (χ0) is 12.3. The Morgan fingerprint density at radius 3 is 2.59 bits per heavy atom. The number of benzene rings is 2. The number of halogens is 1. The van der Waals surface area contributed by atoms with Gasteiger partial charge in [0.15, 0.2) is 0 Å². The molecule has 2 rings (SSSR count). The lowest BCUT2D eigenvalue weighted by Gasteiger charge is -2.12. The first-order chi connectivity index (χ1) is 8.16. The molecule has 0 bridgehead atoms. The first-order valence-electron chi connectivity index (χ1n) is 5.45. The van der Waals surface area contributed by atoms with E-state index in [1.165, 1.54) is 4.90 Å². The predicted octanol–water partition coefficient (Wildman–Crippen LogP) is 4.51. The second kappa shape index (κ2) is 5.58. The maximum absolute atomic E-state index is 5.98. The van der Waals surface area contributed by atoms with E-state index in [0.717, 1.165) is 15.5 Å². The highest BCUT2D eigenvalue weighted by Crippen LogP contribution is 2.33. The van der Waals surface area contributed by atoms with E-state index >= 15 is 0 Å². The van der Waals surface area contributed by atoms with Crippen LogP contribution in [0, 0.1) is 0 Å². The molecule has 1 atom stereocenters. The Bertz CT molecular complexity index is 511. The van der Waals surface area contributed by atoms with Gasteiger partial charge < -0.3 is 5.73 Å². The minimum absolute atomic E-state index is 0.0397. The van der Waals surface area contributed by atoms with Crippen LogP contribution in [0.4, 0.5) is 0 Å². The molecule has 0 fully saturated rings. The van der Waals surface area contributed by atoms with Crippen LogP contribution in [0.15, 0.2) is 58.3 Å². The van der Waals surface area contributed by atoms with Crippen LogP contribution in [-0.4, -0.2) is 0 Å². The molecule has 88 valence electrons. The number of hydrogen-bond acceptors (Lipinski definition) is 2. The fourth-order valence-corrected chi connectivity index (χ4v) is 2.97. The molecule has 0 radical (unpaired) electrons. The predicted molar refractivity (Wildman–Crippen MR) is 74.6 cm³/mol. The standard InChI is InChI=1S/C14H14ClNS/c1-10(16)13-7-2-3-8-14(13)17-12-6-4-5-11(15)9-12/h2-10H,16H2,1H3/t10-/m1/s1. The van der Waals surface area contributed by atoms with E-state index < -0.39 is 0 Å². The Kier molecular flexibility index (Phi) is 4.11. The largest absolute Gasteiger partial charge is 0.324 e. The number of nitrogens with two attached hydrogens (primary N) is 1. The van der Waals surface area contributed by atoms with Gasteiger partial charge in [-0.15, -0.1) is 0 Å². The van der Waals surface area contributed by atoms with E-state index in [9.17, 15) is 0 Å². The van der Waals surface area contributed by atoms with Crippen molar-refractivity contribution in [3.63, 3.8) is 0 Å². The van der Waals surface area contributed by atoms with E-state index in [0.29, 0.717) is 0 Å². The van der Waals surface area contributed by atoms with Gasteiger partial charge in [-0.2, -0.15) is 0 Å². The zero-order valence-corrected chi connectivity index (χ0v) is 11.1. The molecule has 0 saturated carbocycles. The van der Waals surface area contributed by atoms with Crippen LogP contribution < -0.4 is 5.73 Å². The fourth-order valence-electron chi connectivity index (χ4n) is 1.61. The molecule has 0 heterocycles. The summed E-state index contributed by atoms with van der Waals surface area (Å²) >= 11 is 7.67. The minimum Gasteiger partial charge on any atom is -0.324 e. The number of hydrogen-bond donors (Lipinski definition) is 1. The van der Waals surface area contributed by atoms with Crippen molar-refractivity contribution in [3.05, 3.63) is 59.1 Å². The molecule has 1 nitrogen and oxygen atoms in total. The molecule has 0 spiro atoms. The van der Waals surface area contributed by atoms with Crippen LogP contribution in [0.2, 0.25) is 5.02 Å². The normalized spacial score (nSPS) is 12.4. The first-order valence-corrected chi connectivity index (χ1v) is 6.64. The molecule has 0 aliphatic carbocycles. The first kappa shape index (κ1) is 12.5. The van der Waals surface area contributed by atoms with Crippen molar-refractivity contribution in [2.45, 2.75) is 22.8 Å². The molecule has 0 aliphatic heterocycles. The highest BCUT2D eigenvalue weighted by Gasteiger charge is 2.07. The lowest BCUT2D eigenvalue weighted by atomic mass is 10.1. The monoisotopic (exact) mass is 263 g/mol. The summed E-state index contributed by atoms with van der Waals surface area (Å²) < 4.78 is 0. The second-order valence-corrected chi connectivity index (χ2v) is 5.44. The molecule has 0 saturated heterocycles. The summed E-state index contributed by atoms with van der Waals surface area (Å²) in [5, 5.41) is 0.758. The topological polar surface area (TPSA) is 26.0 Å². The van der Waals surface area contributed by atoms with Crippen molar-refractivity contribution in [1.29, 1.82) is 0 Å². The highest BCUT2D eigenvalue weighted by molar-refractivity contribution is 7.99. The van der Waals surface area contributed by atoms with E-state index in [1.54, 1.807) is 11.8 Å². The average molecular weight is 264 g/mol. The van der Waals surface area contributed by atoms with Crippen molar-refractivity contribution in [1.82, 2.24) is 0 Å². The summed E-state index contributed by atoms with van der Waals surface area (Å²) in [6.45, 7) is 2.00. The lowest BCUT2D eigenvalue weighted by molar-refractivity contribution is 0.797. The molecule has 2 N–H and O–H groups in total. The minimum atomic E-state index is 0.0397. The SMILES string of the molecule is C[C@@H](N)c1ccccc1Sc1cccc(Cl)c1. The Labute approximate surface area is 111 Å². The van der Waals surface area contributed by atoms with E-state index in [1.807, 2.05) is 37.3 Å². The zero-order valence-electron chi connectivity index (χ0n) is 9.56. The Balaban J connectivity index is 2.30. The Hall–Kier alpha value is -0.960. The third-order valence-electron chi connectivity index (χ3n) is 2.43. The van der Waals surface area contributed by atoms with Crippen LogP contribution in [-0.2, 0) is 0 Å². The van der Waals surface area contributed by atoms with Gasteiger partial charge in [0.05, 0.1) is 0 Å². The molecular weight excluding hydrogens is 250 g/mol. The molecule has 0 aromatic heterocycles. The summed E-state index contributed by atoms with van der Waals surface area (Å²) in [5.41, 5.74) is 7.12. The van der Waals surface area contributed by atoms with Gasteiger partial charge in [0, 0.05) is 20.9 Å². The van der Waals surface area contributed by atoms with Crippen LogP contribution in [0.5, 0.6) is 0 Å². The Morgan fingerprint density at radius 1 is 1.12 bits per heavy atom.